The van der Waals surface area contributed by atoms with Crippen LogP contribution >= 0.6 is 0 Å². The van der Waals surface area contributed by atoms with E-state index in [1.165, 1.54) is 38.5 Å². The van der Waals surface area contributed by atoms with Gasteiger partial charge >= 0.3 is 0 Å². The van der Waals surface area contributed by atoms with Gasteiger partial charge in [0.15, 0.2) is 5.82 Å². The Morgan fingerprint density at radius 3 is 2.50 bits per heavy atom. The van der Waals surface area contributed by atoms with Gasteiger partial charge in [-0.25, -0.2) is 0 Å². The summed E-state index contributed by atoms with van der Waals surface area (Å²) >= 11 is 0. The predicted octanol–water partition coefficient (Wildman–Crippen LogP) is 3.74. The second kappa shape index (κ2) is 6.25. The zero-order valence-electron chi connectivity index (χ0n) is 12.6. The summed E-state index contributed by atoms with van der Waals surface area (Å²) in [7, 11) is 0. The Bertz CT molecular complexity index is 423. The Morgan fingerprint density at radius 1 is 1.10 bits per heavy atom. The van der Waals surface area contributed by atoms with Gasteiger partial charge in [-0.05, 0) is 50.9 Å². The molecule has 4 nitrogen and oxygen atoms in total. The molecule has 0 saturated heterocycles. The number of hydrogen-bond acceptors (Lipinski definition) is 4. The zero-order valence-corrected chi connectivity index (χ0v) is 12.6. The van der Waals surface area contributed by atoms with Crippen LogP contribution in [0.5, 0.6) is 0 Å². The largest absolute Gasteiger partial charge is 0.339 e. The Hall–Kier alpha value is -0.900. The third-order valence-corrected chi connectivity index (χ3v) is 5.19. The van der Waals surface area contributed by atoms with Crippen LogP contribution in [0.1, 0.15) is 88.3 Å². The summed E-state index contributed by atoms with van der Waals surface area (Å²) in [4.78, 5) is 4.69. The topological polar surface area (TPSA) is 64.9 Å². The third-order valence-electron chi connectivity index (χ3n) is 5.19. The van der Waals surface area contributed by atoms with Crippen LogP contribution in [0.25, 0.3) is 0 Å². The van der Waals surface area contributed by atoms with Crippen LogP contribution in [0.2, 0.25) is 0 Å². The molecule has 3 rings (SSSR count). The molecule has 1 aromatic heterocycles. The van der Waals surface area contributed by atoms with E-state index < -0.39 is 0 Å². The van der Waals surface area contributed by atoms with Gasteiger partial charge in [0.2, 0.25) is 5.89 Å². The minimum atomic E-state index is 0.319. The van der Waals surface area contributed by atoms with Crippen molar-refractivity contribution >= 4 is 0 Å². The number of aromatic nitrogens is 2. The van der Waals surface area contributed by atoms with Crippen molar-refractivity contribution in [3.8, 4) is 0 Å². The summed E-state index contributed by atoms with van der Waals surface area (Å²) in [6.45, 7) is 2.28. The summed E-state index contributed by atoms with van der Waals surface area (Å²) in [6.07, 6.45) is 11.0. The van der Waals surface area contributed by atoms with Gasteiger partial charge in [-0.15, -0.1) is 0 Å². The molecule has 2 fully saturated rings. The van der Waals surface area contributed by atoms with Gasteiger partial charge < -0.3 is 10.3 Å². The Labute approximate surface area is 121 Å². The Morgan fingerprint density at radius 2 is 1.85 bits per heavy atom. The van der Waals surface area contributed by atoms with Crippen molar-refractivity contribution in [2.75, 3.05) is 0 Å². The summed E-state index contributed by atoms with van der Waals surface area (Å²) < 4.78 is 5.51. The van der Waals surface area contributed by atoms with Crippen LogP contribution in [0, 0.1) is 5.92 Å². The van der Waals surface area contributed by atoms with Crippen LogP contribution in [0.15, 0.2) is 4.52 Å². The van der Waals surface area contributed by atoms with Gasteiger partial charge in [-0.1, -0.05) is 24.9 Å². The lowest BCUT2D eigenvalue weighted by molar-refractivity contribution is 0.293. The van der Waals surface area contributed by atoms with Crippen LogP contribution in [-0.4, -0.2) is 16.2 Å². The molecule has 2 atom stereocenters. The molecular formula is C16H27N3O. The number of hydrogen-bond donors (Lipinski definition) is 1. The average molecular weight is 277 g/mol. The molecule has 0 radical (unpaired) electrons. The lowest BCUT2D eigenvalue weighted by atomic mass is 9.80. The highest BCUT2D eigenvalue weighted by Gasteiger charge is 2.30. The maximum absolute atomic E-state index is 5.97. The highest BCUT2D eigenvalue weighted by atomic mass is 16.5. The molecule has 112 valence electrons. The van der Waals surface area contributed by atoms with Crippen molar-refractivity contribution in [2.24, 2.45) is 11.7 Å². The van der Waals surface area contributed by atoms with Gasteiger partial charge in [-0.2, -0.15) is 4.98 Å². The average Bonchev–Trinajstić information content (AvgIpc) is 3.09. The standard InChI is InChI=1S/C16H27N3O/c1-2-3-11-4-6-12(7-5-11)15-18-16(20-19-15)13-8-9-14(17)10-13/h11-14H,2-10,17H2,1H3. The van der Waals surface area contributed by atoms with Gasteiger partial charge in [0.05, 0.1) is 0 Å². The van der Waals surface area contributed by atoms with Crippen LogP contribution in [0.3, 0.4) is 0 Å². The Kier molecular flexibility index (Phi) is 4.39. The molecule has 4 heteroatoms. The second-order valence-corrected chi connectivity index (χ2v) is 6.77. The molecule has 2 N–H and O–H groups in total. The fourth-order valence-electron chi connectivity index (χ4n) is 3.94. The lowest BCUT2D eigenvalue weighted by Gasteiger charge is -2.26. The molecule has 20 heavy (non-hydrogen) atoms. The number of nitrogens with two attached hydrogens (primary N) is 1. The molecule has 0 aromatic carbocycles. The van der Waals surface area contributed by atoms with E-state index in [-0.39, 0.29) is 0 Å². The van der Waals surface area contributed by atoms with Crippen molar-refractivity contribution in [1.29, 1.82) is 0 Å². The van der Waals surface area contributed by atoms with E-state index in [9.17, 15) is 0 Å². The van der Waals surface area contributed by atoms with Crippen LogP contribution in [-0.2, 0) is 0 Å². The fraction of sp³-hybridized carbons (Fsp3) is 0.875. The van der Waals surface area contributed by atoms with E-state index in [0.717, 1.165) is 36.9 Å². The van der Waals surface area contributed by atoms with E-state index in [0.29, 0.717) is 17.9 Å². The minimum absolute atomic E-state index is 0.319. The van der Waals surface area contributed by atoms with Crippen molar-refractivity contribution in [3.63, 3.8) is 0 Å². The first kappa shape index (κ1) is 14.1. The number of rotatable bonds is 4. The maximum Gasteiger partial charge on any atom is 0.229 e. The van der Waals surface area contributed by atoms with Gasteiger partial charge in [0, 0.05) is 17.9 Å². The highest BCUT2D eigenvalue weighted by molar-refractivity contribution is 5.03. The molecule has 0 bridgehead atoms. The minimum Gasteiger partial charge on any atom is -0.339 e. The molecule has 2 aliphatic carbocycles. The monoisotopic (exact) mass is 277 g/mol. The van der Waals surface area contributed by atoms with E-state index >= 15 is 0 Å². The zero-order chi connectivity index (χ0) is 13.9. The van der Waals surface area contributed by atoms with Crippen molar-refractivity contribution < 1.29 is 4.52 Å². The lowest BCUT2D eigenvalue weighted by Crippen LogP contribution is -2.15. The molecule has 1 aromatic rings. The molecule has 2 aliphatic rings. The smallest absolute Gasteiger partial charge is 0.229 e. The van der Waals surface area contributed by atoms with Crippen molar-refractivity contribution in [1.82, 2.24) is 10.1 Å². The molecular weight excluding hydrogens is 250 g/mol. The first-order chi connectivity index (χ1) is 9.76. The fourth-order valence-corrected chi connectivity index (χ4v) is 3.94. The summed E-state index contributed by atoms with van der Waals surface area (Å²) in [6, 6.07) is 0.319. The van der Waals surface area contributed by atoms with Crippen LogP contribution in [0.4, 0.5) is 0 Å². The molecule has 1 heterocycles. The summed E-state index contributed by atoms with van der Waals surface area (Å²) in [5, 5.41) is 4.25. The van der Waals surface area contributed by atoms with Gasteiger partial charge in [0.1, 0.15) is 0 Å². The number of nitrogens with zero attached hydrogens (tertiary/aromatic N) is 2. The Balaban J connectivity index is 1.57. The first-order valence-electron chi connectivity index (χ1n) is 8.35. The molecule has 0 spiro atoms. The quantitative estimate of drug-likeness (QED) is 0.910. The predicted molar refractivity (Wildman–Crippen MR) is 78.5 cm³/mol. The van der Waals surface area contributed by atoms with E-state index in [4.69, 9.17) is 10.3 Å². The molecule has 0 amide bonds. The van der Waals surface area contributed by atoms with Gasteiger partial charge in [0.25, 0.3) is 0 Å². The second-order valence-electron chi connectivity index (χ2n) is 6.77. The van der Waals surface area contributed by atoms with E-state index in [1.54, 1.807) is 0 Å². The van der Waals surface area contributed by atoms with Crippen LogP contribution < -0.4 is 5.73 Å². The molecule has 2 unspecified atom stereocenters. The van der Waals surface area contributed by atoms with Crippen molar-refractivity contribution in [2.45, 2.75) is 82.6 Å². The maximum atomic E-state index is 5.97. The highest BCUT2D eigenvalue weighted by Crippen LogP contribution is 2.38. The molecule has 2 saturated carbocycles. The van der Waals surface area contributed by atoms with Crippen molar-refractivity contribution in [3.05, 3.63) is 11.7 Å². The normalized spacial score (nSPS) is 34.5. The summed E-state index contributed by atoms with van der Waals surface area (Å²) in [5.74, 6) is 3.65. The first-order valence-corrected chi connectivity index (χ1v) is 8.35. The van der Waals surface area contributed by atoms with Gasteiger partial charge in [-0.3, -0.25) is 0 Å². The molecule has 0 aliphatic heterocycles. The SMILES string of the molecule is CCCC1CCC(c2noc(C3CCC(N)C3)n2)CC1. The summed E-state index contributed by atoms with van der Waals surface area (Å²) in [5.41, 5.74) is 5.97. The third kappa shape index (κ3) is 3.05. The van der Waals surface area contributed by atoms with E-state index in [2.05, 4.69) is 17.1 Å². The van der Waals surface area contributed by atoms with E-state index in [1.807, 2.05) is 0 Å².